The van der Waals surface area contributed by atoms with E-state index < -0.39 is 0 Å². The number of benzene rings is 2. The molecule has 0 unspecified atom stereocenters. The second-order valence-electron chi connectivity index (χ2n) is 8.83. The van der Waals surface area contributed by atoms with Crippen molar-refractivity contribution in [2.75, 3.05) is 0 Å². The Balaban J connectivity index is 1.41. The maximum absolute atomic E-state index is 10.5. The van der Waals surface area contributed by atoms with E-state index in [4.69, 9.17) is 4.74 Å². The average molecular weight is 348 g/mol. The summed E-state index contributed by atoms with van der Waals surface area (Å²) in [6, 6.07) is 16.8. The highest BCUT2D eigenvalue weighted by Crippen LogP contribution is 2.60. The first-order valence-corrected chi connectivity index (χ1v) is 10.2. The Bertz CT molecular complexity index is 799. The predicted molar refractivity (Wildman–Crippen MR) is 104 cm³/mol. The average Bonchev–Trinajstić information content (AvgIpc) is 2.97. The highest BCUT2D eigenvalue weighted by Gasteiger charge is 2.54. The normalized spacial score (nSPS) is 35.3. The Kier molecular flexibility index (Phi) is 3.86. The van der Waals surface area contributed by atoms with Crippen molar-refractivity contribution in [2.24, 2.45) is 17.3 Å². The summed E-state index contributed by atoms with van der Waals surface area (Å²) < 4.78 is 6.05. The molecule has 5 atom stereocenters. The van der Waals surface area contributed by atoms with Crippen LogP contribution in [0.3, 0.4) is 0 Å². The Morgan fingerprint density at radius 1 is 0.962 bits per heavy atom. The Morgan fingerprint density at radius 3 is 2.65 bits per heavy atom. The van der Waals surface area contributed by atoms with E-state index in [9.17, 15) is 5.11 Å². The van der Waals surface area contributed by atoms with Crippen molar-refractivity contribution in [1.82, 2.24) is 0 Å². The summed E-state index contributed by atoms with van der Waals surface area (Å²) in [5.74, 6) is 3.97. The minimum absolute atomic E-state index is 0.0866. The molecule has 0 heterocycles. The minimum Gasteiger partial charge on any atom is -0.457 e. The molecule has 2 heteroatoms. The van der Waals surface area contributed by atoms with Crippen LogP contribution in [0.15, 0.2) is 48.5 Å². The molecule has 136 valence electrons. The molecule has 0 radical (unpaired) electrons. The summed E-state index contributed by atoms with van der Waals surface area (Å²) in [6.07, 6.45) is 6.92. The molecular weight excluding hydrogens is 320 g/mol. The fraction of sp³-hybridized carbons (Fsp3) is 0.500. The monoisotopic (exact) mass is 348 g/mol. The summed E-state index contributed by atoms with van der Waals surface area (Å²) >= 11 is 0. The molecular formula is C24H28O2. The van der Waals surface area contributed by atoms with E-state index in [1.54, 1.807) is 5.56 Å². The van der Waals surface area contributed by atoms with Crippen molar-refractivity contribution in [3.8, 4) is 11.5 Å². The van der Waals surface area contributed by atoms with E-state index in [0.29, 0.717) is 11.8 Å². The van der Waals surface area contributed by atoms with Crippen LogP contribution in [0.2, 0.25) is 0 Å². The molecule has 2 fully saturated rings. The summed E-state index contributed by atoms with van der Waals surface area (Å²) in [7, 11) is 0. The smallest absolute Gasteiger partial charge is 0.127 e. The molecule has 3 aliphatic rings. The zero-order valence-corrected chi connectivity index (χ0v) is 15.5. The van der Waals surface area contributed by atoms with Gasteiger partial charge in [-0.1, -0.05) is 31.2 Å². The summed E-state index contributed by atoms with van der Waals surface area (Å²) in [6.45, 7) is 2.35. The van der Waals surface area contributed by atoms with Crippen molar-refractivity contribution in [3.05, 3.63) is 59.7 Å². The fourth-order valence-electron chi connectivity index (χ4n) is 6.22. The summed E-state index contributed by atoms with van der Waals surface area (Å²) in [5, 5.41) is 10.5. The number of hydrogen-bond donors (Lipinski definition) is 1. The van der Waals surface area contributed by atoms with E-state index in [1.807, 2.05) is 30.3 Å². The van der Waals surface area contributed by atoms with Crippen LogP contribution in [0.1, 0.15) is 56.1 Å². The molecule has 0 aromatic heterocycles. The van der Waals surface area contributed by atoms with Gasteiger partial charge in [-0.15, -0.1) is 0 Å². The number of aliphatic hydroxyl groups excluding tert-OH is 1. The van der Waals surface area contributed by atoms with E-state index in [2.05, 4.69) is 25.1 Å². The van der Waals surface area contributed by atoms with Crippen LogP contribution < -0.4 is 4.74 Å². The molecule has 0 spiro atoms. The van der Waals surface area contributed by atoms with Gasteiger partial charge in [0, 0.05) is 0 Å². The third-order valence-electron chi connectivity index (χ3n) is 7.63. The second-order valence-corrected chi connectivity index (χ2v) is 8.83. The van der Waals surface area contributed by atoms with Crippen LogP contribution >= 0.6 is 0 Å². The number of aliphatic hydroxyl groups is 1. The molecule has 0 bridgehead atoms. The molecule has 26 heavy (non-hydrogen) atoms. The lowest BCUT2D eigenvalue weighted by Gasteiger charge is -2.50. The second kappa shape index (κ2) is 6.13. The first kappa shape index (κ1) is 16.4. The van der Waals surface area contributed by atoms with Crippen LogP contribution in [0, 0.1) is 17.3 Å². The quantitative estimate of drug-likeness (QED) is 0.755. The standard InChI is InChI=1S/C24H28O2/c1-24-14-13-20-19-10-8-18(26-17-5-3-2-4-6-17)15-16(19)7-9-21(20)22(24)11-12-23(24)25/h2-6,8,10,15,20-23,25H,7,9,11-14H2,1H3/t20-,21-,22+,23+,24+/m1/s1. The lowest BCUT2D eigenvalue weighted by Crippen LogP contribution is -2.43. The molecule has 0 saturated heterocycles. The molecule has 2 nitrogen and oxygen atoms in total. The lowest BCUT2D eigenvalue weighted by atomic mass is 9.55. The first-order valence-electron chi connectivity index (χ1n) is 10.2. The molecule has 5 rings (SSSR count). The van der Waals surface area contributed by atoms with Crippen molar-refractivity contribution in [1.29, 1.82) is 0 Å². The van der Waals surface area contributed by atoms with Gasteiger partial charge in [0.05, 0.1) is 6.10 Å². The zero-order chi connectivity index (χ0) is 17.7. The van der Waals surface area contributed by atoms with Crippen molar-refractivity contribution in [2.45, 2.75) is 57.5 Å². The number of fused-ring (bicyclic) bond motifs is 5. The van der Waals surface area contributed by atoms with Gasteiger partial charge in [0.25, 0.3) is 0 Å². The number of rotatable bonds is 2. The van der Waals surface area contributed by atoms with Gasteiger partial charge < -0.3 is 9.84 Å². The molecule has 0 aliphatic heterocycles. The van der Waals surface area contributed by atoms with Crippen molar-refractivity contribution < 1.29 is 9.84 Å². The number of aryl methyl sites for hydroxylation is 1. The molecule has 2 aromatic rings. The van der Waals surface area contributed by atoms with Crippen LogP contribution in [0.4, 0.5) is 0 Å². The Hall–Kier alpha value is -1.80. The van der Waals surface area contributed by atoms with E-state index >= 15 is 0 Å². The van der Waals surface area contributed by atoms with E-state index in [1.165, 1.54) is 31.2 Å². The van der Waals surface area contributed by atoms with Gasteiger partial charge in [0.1, 0.15) is 11.5 Å². The molecule has 1 N–H and O–H groups in total. The summed E-state index contributed by atoms with van der Waals surface area (Å²) in [5.41, 5.74) is 3.18. The van der Waals surface area contributed by atoms with Gasteiger partial charge in [-0.05, 0) is 97.1 Å². The third-order valence-corrected chi connectivity index (χ3v) is 7.63. The van der Waals surface area contributed by atoms with E-state index in [0.717, 1.165) is 30.3 Å². The topological polar surface area (TPSA) is 29.5 Å². The maximum atomic E-state index is 10.5. The Labute approximate surface area is 156 Å². The van der Waals surface area contributed by atoms with Gasteiger partial charge in [-0.25, -0.2) is 0 Å². The number of hydrogen-bond acceptors (Lipinski definition) is 2. The van der Waals surface area contributed by atoms with Crippen LogP contribution in [0.5, 0.6) is 11.5 Å². The van der Waals surface area contributed by atoms with Gasteiger partial charge in [0.2, 0.25) is 0 Å². The predicted octanol–water partition coefficient (Wildman–Crippen LogP) is 5.70. The summed E-state index contributed by atoms with van der Waals surface area (Å²) in [4.78, 5) is 0. The molecule has 2 aromatic carbocycles. The number of ether oxygens (including phenoxy) is 1. The Morgan fingerprint density at radius 2 is 1.81 bits per heavy atom. The number of para-hydroxylation sites is 1. The fourth-order valence-corrected chi connectivity index (χ4v) is 6.22. The van der Waals surface area contributed by atoms with Crippen LogP contribution in [0.25, 0.3) is 0 Å². The van der Waals surface area contributed by atoms with Gasteiger partial charge in [0.15, 0.2) is 0 Å². The molecule has 2 saturated carbocycles. The van der Waals surface area contributed by atoms with Crippen molar-refractivity contribution >= 4 is 0 Å². The SMILES string of the molecule is C[C@]12CC[C@@H]3c4ccc(Oc5ccccc5)cc4CC[C@H]3[C@@H]1CC[C@@H]2O. The van der Waals surface area contributed by atoms with Gasteiger partial charge in [-0.3, -0.25) is 0 Å². The highest BCUT2D eigenvalue weighted by molar-refractivity contribution is 5.42. The minimum atomic E-state index is -0.0866. The maximum Gasteiger partial charge on any atom is 0.127 e. The van der Waals surface area contributed by atoms with Crippen LogP contribution in [-0.4, -0.2) is 11.2 Å². The highest BCUT2D eigenvalue weighted by atomic mass is 16.5. The lowest BCUT2D eigenvalue weighted by molar-refractivity contribution is -0.0226. The zero-order valence-electron chi connectivity index (χ0n) is 15.5. The van der Waals surface area contributed by atoms with Gasteiger partial charge in [-0.2, -0.15) is 0 Å². The van der Waals surface area contributed by atoms with Crippen LogP contribution in [-0.2, 0) is 6.42 Å². The molecule has 0 amide bonds. The first-order chi connectivity index (χ1) is 12.6. The van der Waals surface area contributed by atoms with Crippen molar-refractivity contribution in [3.63, 3.8) is 0 Å². The van der Waals surface area contributed by atoms with E-state index in [-0.39, 0.29) is 11.5 Å². The largest absolute Gasteiger partial charge is 0.457 e. The molecule has 3 aliphatic carbocycles. The van der Waals surface area contributed by atoms with Gasteiger partial charge >= 0.3 is 0 Å². The third kappa shape index (κ3) is 2.50.